The van der Waals surface area contributed by atoms with Crippen LogP contribution >= 0.6 is 0 Å². The first-order chi connectivity index (χ1) is 10.6. The normalized spacial score (nSPS) is 28.3. The van der Waals surface area contributed by atoms with Crippen molar-refractivity contribution in [3.05, 3.63) is 29.8 Å². The van der Waals surface area contributed by atoms with Crippen LogP contribution in [0.4, 0.5) is 0 Å². The lowest BCUT2D eigenvalue weighted by molar-refractivity contribution is 0.0468. The van der Waals surface area contributed by atoms with Crippen LogP contribution in [0.2, 0.25) is 0 Å². The molecule has 4 atom stereocenters. The maximum Gasteiger partial charge on any atom is 0.175 e. The lowest BCUT2D eigenvalue weighted by Gasteiger charge is -2.37. The minimum Gasteiger partial charge on any atom is -0.384 e. The highest BCUT2D eigenvalue weighted by Crippen LogP contribution is 2.30. The van der Waals surface area contributed by atoms with Crippen LogP contribution in [0.5, 0.6) is 0 Å². The van der Waals surface area contributed by atoms with Gasteiger partial charge in [0.05, 0.1) is 10.5 Å². The SMILES string of the molecule is CC1CCCC(NCC(C)(O)c2ccc(S(C)(=O)=O)cc2)C1C. The Balaban J connectivity index is 2.03. The van der Waals surface area contributed by atoms with Crippen molar-refractivity contribution in [2.24, 2.45) is 11.8 Å². The topological polar surface area (TPSA) is 66.4 Å². The average Bonchev–Trinajstić information content (AvgIpc) is 2.48. The number of nitrogens with one attached hydrogen (secondary N) is 1. The van der Waals surface area contributed by atoms with E-state index in [1.165, 1.54) is 19.1 Å². The van der Waals surface area contributed by atoms with Crippen molar-refractivity contribution in [1.29, 1.82) is 0 Å². The Bertz CT molecular complexity index is 622. The maximum absolute atomic E-state index is 11.5. The smallest absolute Gasteiger partial charge is 0.175 e. The van der Waals surface area contributed by atoms with E-state index in [0.717, 1.165) is 12.0 Å². The summed E-state index contributed by atoms with van der Waals surface area (Å²) in [5.41, 5.74) is -0.287. The van der Waals surface area contributed by atoms with Crippen LogP contribution in [0.15, 0.2) is 29.2 Å². The summed E-state index contributed by atoms with van der Waals surface area (Å²) in [5, 5.41) is 14.3. The zero-order chi connectivity index (χ0) is 17.3. The molecule has 4 nitrogen and oxygen atoms in total. The molecule has 2 N–H and O–H groups in total. The highest BCUT2D eigenvalue weighted by Gasteiger charge is 2.30. The first kappa shape index (κ1) is 18.4. The molecule has 0 amide bonds. The van der Waals surface area contributed by atoms with Gasteiger partial charge in [-0.25, -0.2) is 8.42 Å². The predicted molar refractivity (Wildman–Crippen MR) is 93.1 cm³/mol. The second kappa shape index (κ2) is 6.91. The monoisotopic (exact) mass is 339 g/mol. The molecular formula is C18H29NO3S. The first-order valence-electron chi connectivity index (χ1n) is 8.37. The summed E-state index contributed by atoms with van der Waals surface area (Å²) in [6, 6.07) is 6.95. The molecule has 0 bridgehead atoms. The molecule has 1 aromatic carbocycles. The summed E-state index contributed by atoms with van der Waals surface area (Å²) in [4.78, 5) is 0.278. The van der Waals surface area contributed by atoms with Crippen LogP contribution in [0.25, 0.3) is 0 Å². The molecule has 0 aliphatic heterocycles. The minimum absolute atomic E-state index is 0.278. The van der Waals surface area contributed by atoms with Gasteiger partial charge in [-0.15, -0.1) is 0 Å². The Kier molecular flexibility index (Phi) is 5.54. The van der Waals surface area contributed by atoms with E-state index in [4.69, 9.17) is 0 Å². The number of aliphatic hydroxyl groups is 1. The fourth-order valence-electron chi connectivity index (χ4n) is 3.36. The Morgan fingerprint density at radius 1 is 1.22 bits per heavy atom. The molecule has 5 heteroatoms. The quantitative estimate of drug-likeness (QED) is 0.865. The van der Waals surface area contributed by atoms with E-state index in [9.17, 15) is 13.5 Å². The zero-order valence-electron chi connectivity index (χ0n) is 14.5. The standard InChI is InChI=1S/C18H29NO3S/c1-13-6-5-7-17(14(13)2)19-12-18(3,20)15-8-10-16(11-9-15)23(4,21)22/h8-11,13-14,17,19-20H,5-7,12H2,1-4H3. The van der Waals surface area contributed by atoms with Gasteiger partial charge >= 0.3 is 0 Å². The van der Waals surface area contributed by atoms with E-state index in [1.54, 1.807) is 31.2 Å². The third-order valence-electron chi connectivity index (χ3n) is 5.32. The summed E-state index contributed by atoms with van der Waals surface area (Å²) in [5.74, 6) is 1.31. The Labute approximate surface area is 140 Å². The average molecular weight is 340 g/mol. The molecule has 0 spiro atoms. The fraction of sp³-hybridized carbons (Fsp3) is 0.667. The van der Waals surface area contributed by atoms with Gasteiger partial charge in [0.15, 0.2) is 9.84 Å². The van der Waals surface area contributed by atoms with E-state index in [-0.39, 0.29) is 4.90 Å². The van der Waals surface area contributed by atoms with Crippen LogP contribution in [-0.2, 0) is 15.4 Å². The molecule has 0 aromatic heterocycles. The first-order valence-corrected chi connectivity index (χ1v) is 10.3. The third-order valence-corrected chi connectivity index (χ3v) is 6.45. The summed E-state index contributed by atoms with van der Waals surface area (Å²) in [6.07, 6.45) is 4.85. The minimum atomic E-state index is -3.21. The highest BCUT2D eigenvalue weighted by atomic mass is 32.2. The van der Waals surface area contributed by atoms with E-state index in [1.807, 2.05) is 0 Å². The molecule has 4 unspecified atom stereocenters. The Hall–Kier alpha value is -0.910. The van der Waals surface area contributed by atoms with Crippen LogP contribution in [0.3, 0.4) is 0 Å². The van der Waals surface area contributed by atoms with Gasteiger partial charge in [0.25, 0.3) is 0 Å². The van der Waals surface area contributed by atoms with Gasteiger partial charge in [0.1, 0.15) is 0 Å². The van der Waals surface area contributed by atoms with E-state index in [2.05, 4.69) is 19.2 Å². The van der Waals surface area contributed by atoms with Gasteiger partial charge in [0, 0.05) is 18.8 Å². The number of rotatable bonds is 5. The van der Waals surface area contributed by atoms with E-state index in [0.29, 0.717) is 24.4 Å². The number of hydrogen-bond acceptors (Lipinski definition) is 4. The van der Waals surface area contributed by atoms with Gasteiger partial charge in [-0.2, -0.15) is 0 Å². The lowest BCUT2D eigenvalue weighted by Crippen LogP contribution is -2.46. The lowest BCUT2D eigenvalue weighted by atomic mass is 9.78. The van der Waals surface area contributed by atoms with Gasteiger partial charge in [-0.05, 0) is 42.9 Å². The maximum atomic E-state index is 11.5. The summed E-state index contributed by atoms with van der Waals surface area (Å²) in [7, 11) is -3.21. The second-order valence-corrected chi connectivity index (χ2v) is 9.34. The van der Waals surface area contributed by atoms with Crippen LogP contribution in [0, 0.1) is 11.8 Å². The van der Waals surface area contributed by atoms with Gasteiger partial charge in [-0.3, -0.25) is 0 Å². The number of hydrogen-bond donors (Lipinski definition) is 2. The van der Waals surface area contributed by atoms with Crippen molar-refractivity contribution in [2.75, 3.05) is 12.8 Å². The molecule has 1 fully saturated rings. The van der Waals surface area contributed by atoms with E-state index < -0.39 is 15.4 Å². The Morgan fingerprint density at radius 2 is 1.83 bits per heavy atom. The third kappa shape index (κ3) is 4.55. The Morgan fingerprint density at radius 3 is 2.39 bits per heavy atom. The molecule has 1 aromatic rings. The second-order valence-electron chi connectivity index (χ2n) is 7.33. The zero-order valence-corrected chi connectivity index (χ0v) is 15.4. The molecule has 1 aliphatic rings. The van der Waals surface area contributed by atoms with E-state index >= 15 is 0 Å². The molecule has 0 heterocycles. The molecule has 23 heavy (non-hydrogen) atoms. The molecule has 1 aliphatic carbocycles. The molecule has 0 radical (unpaired) electrons. The number of sulfone groups is 1. The predicted octanol–water partition coefficient (Wildman–Crippen LogP) is 2.71. The van der Waals surface area contributed by atoms with Crippen molar-refractivity contribution in [2.45, 2.75) is 56.6 Å². The van der Waals surface area contributed by atoms with Gasteiger partial charge in [-0.1, -0.05) is 38.8 Å². The molecule has 0 saturated heterocycles. The van der Waals surface area contributed by atoms with Crippen molar-refractivity contribution < 1.29 is 13.5 Å². The molecule has 1 saturated carbocycles. The van der Waals surface area contributed by atoms with Crippen molar-refractivity contribution >= 4 is 9.84 Å². The van der Waals surface area contributed by atoms with Crippen molar-refractivity contribution in [3.8, 4) is 0 Å². The van der Waals surface area contributed by atoms with Crippen molar-refractivity contribution in [3.63, 3.8) is 0 Å². The van der Waals surface area contributed by atoms with Gasteiger partial charge in [0.2, 0.25) is 0 Å². The molecule has 130 valence electrons. The largest absolute Gasteiger partial charge is 0.384 e. The number of benzene rings is 1. The summed E-state index contributed by atoms with van der Waals surface area (Å²) < 4.78 is 23.0. The van der Waals surface area contributed by atoms with Crippen LogP contribution in [-0.4, -0.2) is 32.4 Å². The van der Waals surface area contributed by atoms with Crippen molar-refractivity contribution in [1.82, 2.24) is 5.32 Å². The van der Waals surface area contributed by atoms with Gasteiger partial charge < -0.3 is 10.4 Å². The summed E-state index contributed by atoms with van der Waals surface area (Å²) >= 11 is 0. The molecule has 2 rings (SSSR count). The fourth-order valence-corrected chi connectivity index (χ4v) is 3.99. The van der Waals surface area contributed by atoms with Crippen LogP contribution < -0.4 is 5.32 Å². The van der Waals surface area contributed by atoms with Crippen LogP contribution in [0.1, 0.15) is 45.6 Å². The highest BCUT2D eigenvalue weighted by molar-refractivity contribution is 7.90. The molecular weight excluding hydrogens is 310 g/mol. The summed E-state index contributed by atoms with van der Waals surface area (Å²) in [6.45, 7) is 6.80.